The molecule has 0 radical (unpaired) electrons. The number of benzene rings is 1. The summed E-state index contributed by atoms with van der Waals surface area (Å²) in [6.45, 7) is 3.29. The Labute approximate surface area is 192 Å². The van der Waals surface area contributed by atoms with Gasteiger partial charge in [-0.3, -0.25) is 13.9 Å². The molecule has 3 atom stereocenters. The van der Waals surface area contributed by atoms with Crippen LogP contribution >= 0.6 is 0 Å². The number of hydrogen-bond donors (Lipinski definition) is 0. The van der Waals surface area contributed by atoms with Crippen molar-refractivity contribution in [2.45, 2.75) is 44.8 Å². The first-order chi connectivity index (χ1) is 16.2. The van der Waals surface area contributed by atoms with Gasteiger partial charge in [0.25, 0.3) is 5.56 Å². The van der Waals surface area contributed by atoms with Crippen LogP contribution in [-0.4, -0.2) is 30.3 Å². The third kappa shape index (κ3) is 3.87. The maximum Gasteiger partial charge on any atom is 0.294 e. The molecule has 5 rings (SSSR count). The van der Waals surface area contributed by atoms with Crippen LogP contribution in [0.1, 0.15) is 48.7 Å². The molecule has 1 aliphatic heterocycles. The van der Waals surface area contributed by atoms with E-state index in [1.165, 1.54) is 19.2 Å². The minimum atomic E-state index is -0.992. The van der Waals surface area contributed by atoms with E-state index in [4.69, 9.17) is 4.74 Å². The van der Waals surface area contributed by atoms with Crippen LogP contribution in [0.5, 0.6) is 0 Å². The third-order valence-electron chi connectivity index (χ3n) is 6.15. The highest BCUT2D eigenvalue weighted by atomic mass is 19.1. The van der Waals surface area contributed by atoms with E-state index in [2.05, 4.69) is 15.1 Å². The Balaban J connectivity index is 1.69. The van der Waals surface area contributed by atoms with Crippen LogP contribution in [0, 0.1) is 24.4 Å². The number of hydrogen-bond acceptors (Lipinski definition) is 5. The van der Waals surface area contributed by atoms with Crippen LogP contribution in [0.3, 0.4) is 0 Å². The lowest BCUT2D eigenvalue weighted by Crippen LogP contribution is -2.27. The van der Waals surface area contributed by atoms with Crippen molar-refractivity contribution in [1.82, 2.24) is 24.1 Å². The van der Waals surface area contributed by atoms with Crippen molar-refractivity contribution in [2.24, 2.45) is 7.05 Å². The summed E-state index contributed by atoms with van der Waals surface area (Å²) in [5.41, 5.74) is 0.378. The zero-order valence-electron chi connectivity index (χ0n) is 18.8. The standard InChI is InChI=1S/C24H22F3N5O2/c1-12-6-14(7-20(34-12)15-9-28-31(3)10-15)19-11-32-23(29-13(2)21(27)24(32)33)22(30-19)17-5-4-16(25)8-18(17)26/h4-5,8-12,14,20H,6-7H2,1-3H3/t12-,14-,20+/m1/s1. The third-order valence-corrected chi connectivity index (χ3v) is 6.15. The fourth-order valence-corrected chi connectivity index (χ4v) is 4.51. The molecule has 1 saturated heterocycles. The summed E-state index contributed by atoms with van der Waals surface area (Å²) in [6, 6.07) is 3.09. The molecular formula is C24H22F3N5O2. The average Bonchev–Trinajstić information content (AvgIpc) is 3.23. The fourth-order valence-electron chi connectivity index (χ4n) is 4.51. The van der Waals surface area contributed by atoms with Gasteiger partial charge in [-0.2, -0.15) is 9.49 Å². The molecule has 0 N–H and O–H groups in total. The molecule has 10 heteroatoms. The Morgan fingerprint density at radius 1 is 1.12 bits per heavy atom. The molecule has 1 aromatic carbocycles. The lowest BCUT2D eigenvalue weighted by Gasteiger charge is -2.33. The highest BCUT2D eigenvalue weighted by molar-refractivity contribution is 5.74. The van der Waals surface area contributed by atoms with Crippen LogP contribution in [0.15, 0.2) is 41.6 Å². The van der Waals surface area contributed by atoms with Gasteiger partial charge in [-0.15, -0.1) is 0 Å². The van der Waals surface area contributed by atoms with Gasteiger partial charge in [0.15, 0.2) is 5.65 Å². The molecule has 0 unspecified atom stereocenters. The molecule has 7 nitrogen and oxygen atoms in total. The van der Waals surface area contributed by atoms with Gasteiger partial charge in [-0.25, -0.2) is 18.7 Å². The van der Waals surface area contributed by atoms with Crippen LogP contribution in [0.25, 0.3) is 16.9 Å². The minimum absolute atomic E-state index is 0.00192. The second kappa shape index (κ2) is 8.35. The lowest BCUT2D eigenvalue weighted by molar-refractivity contribution is -0.0506. The van der Waals surface area contributed by atoms with Gasteiger partial charge in [0.2, 0.25) is 5.82 Å². The van der Waals surface area contributed by atoms with Crippen LogP contribution in [0.2, 0.25) is 0 Å². The summed E-state index contributed by atoms with van der Waals surface area (Å²) in [7, 11) is 1.82. The summed E-state index contributed by atoms with van der Waals surface area (Å²) in [5.74, 6) is -2.76. The van der Waals surface area contributed by atoms with Gasteiger partial charge < -0.3 is 4.74 Å². The zero-order valence-corrected chi connectivity index (χ0v) is 18.8. The second-order valence-electron chi connectivity index (χ2n) is 8.70. The van der Waals surface area contributed by atoms with E-state index in [9.17, 15) is 18.0 Å². The molecule has 0 bridgehead atoms. The smallest absolute Gasteiger partial charge is 0.294 e. The summed E-state index contributed by atoms with van der Waals surface area (Å²) < 4.78 is 51.7. The normalized spacial score (nSPS) is 20.7. The maximum absolute atomic E-state index is 14.8. The molecule has 0 spiro atoms. The highest BCUT2D eigenvalue weighted by Crippen LogP contribution is 2.40. The van der Waals surface area contributed by atoms with Gasteiger partial charge in [0.05, 0.1) is 29.8 Å². The van der Waals surface area contributed by atoms with Crippen LogP contribution in [-0.2, 0) is 11.8 Å². The first-order valence-corrected chi connectivity index (χ1v) is 10.9. The first kappa shape index (κ1) is 22.3. The molecule has 1 aliphatic rings. The molecule has 3 aromatic heterocycles. The monoisotopic (exact) mass is 469 g/mol. The van der Waals surface area contributed by atoms with E-state index in [1.54, 1.807) is 10.9 Å². The van der Waals surface area contributed by atoms with E-state index in [0.29, 0.717) is 18.5 Å². The number of fused-ring (bicyclic) bond motifs is 1. The van der Waals surface area contributed by atoms with Crippen molar-refractivity contribution in [3.63, 3.8) is 0 Å². The van der Waals surface area contributed by atoms with Crippen LogP contribution < -0.4 is 5.56 Å². The number of halogens is 3. The Kier molecular flexibility index (Phi) is 5.47. The fraction of sp³-hybridized carbons (Fsp3) is 0.333. The van der Waals surface area contributed by atoms with Crippen LogP contribution in [0.4, 0.5) is 13.2 Å². The largest absolute Gasteiger partial charge is 0.370 e. The van der Waals surface area contributed by atoms with Crippen molar-refractivity contribution in [3.05, 3.63) is 81.5 Å². The van der Waals surface area contributed by atoms with Gasteiger partial charge in [0, 0.05) is 42.6 Å². The predicted molar refractivity (Wildman–Crippen MR) is 118 cm³/mol. The maximum atomic E-state index is 14.8. The predicted octanol–water partition coefficient (Wildman–Crippen LogP) is 4.24. The minimum Gasteiger partial charge on any atom is -0.370 e. The molecular weight excluding hydrogens is 447 g/mol. The lowest BCUT2D eigenvalue weighted by atomic mass is 9.87. The van der Waals surface area contributed by atoms with Crippen molar-refractivity contribution in [3.8, 4) is 11.3 Å². The Morgan fingerprint density at radius 2 is 1.91 bits per heavy atom. The quantitative estimate of drug-likeness (QED) is 0.449. The van der Waals surface area contributed by atoms with Gasteiger partial charge in [0.1, 0.15) is 17.3 Å². The van der Waals surface area contributed by atoms with E-state index < -0.39 is 23.0 Å². The van der Waals surface area contributed by atoms with Crippen molar-refractivity contribution < 1.29 is 17.9 Å². The summed E-state index contributed by atoms with van der Waals surface area (Å²) >= 11 is 0. The van der Waals surface area contributed by atoms with Crippen molar-refractivity contribution in [1.29, 1.82) is 0 Å². The first-order valence-electron chi connectivity index (χ1n) is 10.9. The number of rotatable bonds is 3. The number of nitrogens with zero attached hydrogens (tertiary/aromatic N) is 5. The molecule has 1 fully saturated rings. The van der Waals surface area contributed by atoms with Gasteiger partial charge in [-0.1, -0.05) is 0 Å². The number of aryl methyl sites for hydroxylation is 2. The Morgan fingerprint density at radius 3 is 2.62 bits per heavy atom. The van der Waals surface area contributed by atoms with Crippen molar-refractivity contribution >= 4 is 5.65 Å². The Hall–Kier alpha value is -3.53. The average molecular weight is 469 g/mol. The molecule has 0 aliphatic carbocycles. The summed E-state index contributed by atoms with van der Waals surface area (Å²) in [4.78, 5) is 21.6. The van der Waals surface area contributed by atoms with Gasteiger partial charge >= 0.3 is 0 Å². The molecule has 34 heavy (non-hydrogen) atoms. The topological polar surface area (TPSA) is 74.3 Å². The molecule has 0 saturated carbocycles. The molecule has 4 heterocycles. The Bertz CT molecular complexity index is 1470. The molecule has 176 valence electrons. The number of ether oxygens (including phenoxy) is 1. The molecule has 0 amide bonds. The van der Waals surface area contributed by atoms with E-state index in [0.717, 1.165) is 22.1 Å². The second-order valence-corrected chi connectivity index (χ2v) is 8.70. The highest BCUT2D eigenvalue weighted by Gasteiger charge is 2.32. The number of aromatic nitrogens is 5. The SMILES string of the molecule is Cc1nc2c(-c3ccc(F)cc3F)nc([C@@H]3C[C@@H](C)O[C@H](c4cnn(C)c4)C3)cn2c(=O)c1F. The summed E-state index contributed by atoms with van der Waals surface area (Å²) in [6.07, 6.45) is 5.82. The van der Waals surface area contributed by atoms with E-state index in [-0.39, 0.29) is 40.7 Å². The summed E-state index contributed by atoms with van der Waals surface area (Å²) in [5, 5.41) is 4.21. The van der Waals surface area contributed by atoms with Crippen molar-refractivity contribution in [2.75, 3.05) is 0 Å². The van der Waals surface area contributed by atoms with E-state index in [1.807, 2.05) is 20.2 Å². The van der Waals surface area contributed by atoms with E-state index >= 15 is 0 Å². The van der Waals surface area contributed by atoms with Gasteiger partial charge in [-0.05, 0) is 38.8 Å². The zero-order chi connectivity index (χ0) is 24.1. The molecule has 4 aromatic rings.